The number of nitrogens with zero attached hydrogens (tertiary/aromatic N) is 1. The minimum absolute atomic E-state index is 0.260. The molecule has 0 spiro atoms. The molecule has 0 N–H and O–H groups in total. The Labute approximate surface area is 83.7 Å². The molecule has 0 unspecified atom stereocenters. The average Bonchev–Trinajstić information content (AvgIpc) is 2.15. The molecule has 1 aromatic carbocycles. The quantitative estimate of drug-likeness (QED) is 0.687. The minimum Gasteiger partial charge on any atom is -0.255 e. The van der Waals surface area contributed by atoms with Crippen LogP contribution in [0.4, 0.5) is 4.39 Å². The van der Waals surface area contributed by atoms with E-state index in [1.807, 2.05) is 19.1 Å². The number of rotatable bonds is 0. The van der Waals surface area contributed by atoms with Crippen molar-refractivity contribution in [3.8, 4) is 0 Å². The largest absolute Gasteiger partial charge is 0.255 e. The van der Waals surface area contributed by atoms with E-state index in [-0.39, 0.29) is 5.82 Å². The molecule has 0 saturated heterocycles. The molecule has 2 rings (SSSR count). The van der Waals surface area contributed by atoms with Crippen LogP contribution in [-0.4, -0.2) is 4.98 Å². The molecule has 0 aliphatic carbocycles. The van der Waals surface area contributed by atoms with Crippen LogP contribution >= 0.6 is 15.9 Å². The standard InChI is InChI=1S/C10H7BrFN/c1-6-5-8(12)9(11)10-7(6)3-2-4-13-10/h2-5H,1H3. The Balaban J connectivity index is 2.97. The van der Waals surface area contributed by atoms with Gasteiger partial charge in [0, 0.05) is 11.6 Å². The van der Waals surface area contributed by atoms with Gasteiger partial charge in [-0.05, 0) is 40.5 Å². The van der Waals surface area contributed by atoms with Crippen LogP contribution in [0.3, 0.4) is 0 Å². The van der Waals surface area contributed by atoms with Crippen molar-refractivity contribution in [1.29, 1.82) is 0 Å². The predicted octanol–water partition coefficient (Wildman–Crippen LogP) is 3.44. The second-order valence-corrected chi connectivity index (χ2v) is 3.68. The molecular weight excluding hydrogens is 233 g/mol. The van der Waals surface area contributed by atoms with Gasteiger partial charge >= 0.3 is 0 Å². The minimum atomic E-state index is -0.260. The monoisotopic (exact) mass is 239 g/mol. The molecule has 0 amide bonds. The van der Waals surface area contributed by atoms with Crippen molar-refractivity contribution in [2.75, 3.05) is 0 Å². The van der Waals surface area contributed by atoms with Crippen LogP contribution in [0.2, 0.25) is 0 Å². The molecule has 0 aliphatic heterocycles. The van der Waals surface area contributed by atoms with Crippen LogP contribution in [0.15, 0.2) is 28.9 Å². The summed E-state index contributed by atoms with van der Waals surface area (Å²) in [6.45, 7) is 1.87. The van der Waals surface area contributed by atoms with Crippen LogP contribution in [0.1, 0.15) is 5.56 Å². The van der Waals surface area contributed by atoms with E-state index in [1.54, 1.807) is 6.20 Å². The Morgan fingerprint density at radius 3 is 3.00 bits per heavy atom. The van der Waals surface area contributed by atoms with E-state index >= 15 is 0 Å². The van der Waals surface area contributed by atoms with E-state index in [0.717, 1.165) is 10.9 Å². The first-order valence-electron chi connectivity index (χ1n) is 3.89. The maximum Gasteiger partial charge on any atom is 0.139 e. The highest BCUT2D eigenvalue weighted by Gasteiger charge is 2.07. The molecule has 1 aromatic heterocycles. The maximum atomic E-state index is 13.2. The summed E-state index contributed by atoms with van der Waals surface area (Å²) in [6, 6.07) is 5.29. The van der Waals surface area contributed by atoms with Gasteiger partial charge in [0.2, 0.25) is 0 Å². The first-order chi connectivity index (χ1) is 6.20. The van der Waals surface area contributed by atoms with Gasteiger partial charge in [0.25, 0.3) is 0 Å². The van der Waals surface area contributed by atoms with E-state index in [2.05, 4.69) is 20.9 Å². The van der Waals surface area contributed by atoms with Crippen molar-refractivity contribution in [3.63, 3.8) is 0 Å². The van der Waals surface area contributed by atoms with E-state index in [9.17, 15) is 4.39 Å². The Morgan fingerprint density at radius 2 is 2.23 bits per heavy atom. The molecular formula is C10H7BrFN. The van der Waals surface area contributed by atoms with Gasteiger partial charge < -0.3 is 0 Å². The molecule has 2 aromatic rings. The second kappa shape index (κ2) is 3.07. The van der Waals surface area contributed by atoms with E-state index in [1.165, 1.54) is 6.07 Å². The third kappa shape index (κ3) is 1.33. The normalized spacial score (nSPS) is 10.7. The smallest absolute Gasteiger partial charge is 0.139 e. The molecule has 0 radical (unpaired) electrons. The summed E-state index contributed by atoms with van der Waals surface area (Å²) in [5.74, 6) is -0.260. The zero-order valence-electron chi connectivity index (χ0n) is 7.01. The van der Waals surface area contributed by atoms with Crippen LogP contribution in [0.25, 0.3) is 10.9 Å². The summed E-state index contributed by atoms with van der Waals surface area (Å²) in [5, 5.41) is 0.982. The topological polar surface area (TPSA) is 12.9 Å². The molecule has 0 aliphatic rings. The van der Waals surface area contributed by atoms with Crippen LogP contribution in [0.5, 0.6) is 0 Å². The van der Waals surface area contributed by atoms with Crippen molar-refractivity contribution < 1.29 is 4.39 Å². The van der Waals surface area contributed by atoms with Crippen LogP contribution < -0.4 is 0 Å². The van der Waals surface area contributed by atoms with Gasteiger partial charge in [0.05, 0.1) is 9.99 Å². The molecule has 0 saturated carbocycles. The van der Waals surface area contributed by atoms with Gasteiger partial charge in [-0.25, -0.2) is 4.39 Å². The molecule has 13 heavy (non-hydrogen) atoms. The zero-order valence-corrected chi connectivity index (χ0v) is 8.60. The molecule has 0 bridgehead atoms. The molecule has 1 heterocycles. The Bertz CT molecular complexity index is 468. The maximum absolute atomic E-state index is 13.2. The molecule has 0 atom stereocenters. The first kappa shape index (κ1) is 8.63. The van der Waals surface area contributed by atoms with E-state index in [0.29, 0.717) is 9.99 Å². The van der Waals surface area contributed by atoms with Gasteiger partial charge in [-0.1, -0.05) is 6.07 Å². The van der Waals surface area contributed by atoms with Gasteiger partial charge in [0.1, 0.15) is 5.82 Å². The Kier molecular flexibility index (Phi) is 2.04. The summed E-state index contributed by atoms with van der Waals surface area (Å²) in [6.07, 6.45) is 1.66. The highest BCUT2D eigenvalue weighted by molar-refractivity contribution is 9.10. The van der Waals surface area contributed by atoms with Gasteiger partial charge in [0.15, 0.2) is 0 Å². The number of fused-ring (bicyclic) bond motifs is 1. The fraction of sp³-hybridized carbons (Fsp3) is 0.100. The van der Waals surface area contributed by atoms with Crippen LogP contribution in [-0.2, 0) is 0 Å². The highest BCUT2D eigenvalue weighted by atomic mass is 79.9. The van der Waals surface area contributed by atoms with E-state index < -0.39 is 0 Å². The van der Waals surface area contributed by atoms with Crippen molar-refractivity contribution in [2.45, 2.75) is 6.92 Å². The lowest BCUT2D eigenvalue weighted by Gasteiger charge is -2.03. The summed E-state index contributed by atoms with van der Waals surface area (Å²) in [5.41, 5.74) is 1.59. The van der Waals surface area contributed by atoms with Crippen molar-refractivity contribution >= 4 is 26.8 Å². The SMILES string of the molecule is Cc1cc(F)c(Br)c2ncccc12. The zero-order chi connectivity index (χ0) is 9.42. The lowest BCUT2D eigenvalue weighted by molar-refractivity contribution is 0.622. The van der Waals surface area contributed by atoms with Crippen LogP contribution in [0, 0.1) is 12.7 Å². The molecule has 66 valence electrons. The average molecular weight is 240 g/mol. The number of aromatic nitrogens is 1. The summed E-state index contributed by atoms with van der Waals surface area (Å²) >= 11 is 3.18. The third-order valence-corrected chi connectivity index (χ3v) is 2.75. The molecule has 3 heteroatoms. The lowest BCUT2D eigenvalue weighted by atomic mass is 10.1. The second-order valence-electron chi connectivity index (χ2n) is 2.89. The Hall–Kier alpha value is -0.960. The first-order valence-corrected chi connectivity index (χ1v) is 4.69. The molecule has 1 nitrogen and oxygen atoms in total. The fourth-order valence-electron chi connectivity index (χ4n) is 1.34. The van der Waals surface area contributed by atoms with Gasteiger partial charge in [-0.3, -0.25) is 4.98 Å². The van der Waals surface area contributed by atoms with E-state index in [4.69, 9.17) is 0 Å². The number of hydrogen-bond donors (Lipinski definition) is 0. The van der Waals surface area contributed by atoms with Crippen molar-refractivity contribution in [1.82, 2.24) is 4.98 Å². The van der Waals surface area contributed by atoms with Gasteiger partial charge in [-0.15, -0.1) is 0 Å². The third-order valence-electron chi connectivity index (χ3n) is 1.99. The fourth-order valence-corrected chi connectivity index (χ4v) is 1.77. The lowest BCUT2D eigenvalue weighted by Crippen LogP contribution is -1.87. The summed E-state index contributed by atoms with van der Waals surface area (Å²) < 4.78 is 13.7. The number of pyridine rings is 1. The van der Waals surface area contributed by atoms with Crippen molar-refractivity contribution in [2.24, 2.45) is 0 Å². The predicted molar refractivity (Wildman–Crippen MR) is 54.1 cm³/mol. The summed E-state index contributed by atoms with van der Waals surface area (Å²) in [4.78, 5) is 4.12. The summed E-state index contributed by atoms with van der Waals surface area (Å²) in [7, 11) is 0. The van der Waals surface area contributed by atoms with Crippen molar-refractivity contribution in [3.05, 3.63) is 40.2 Å². The number of hydrogen-bond acceptors (Lipinski definition) is 1. The number of benzene rings is 1. The highest BCUT2D eigenvalue weighted by Crippen LogP contribution is 2.27. The Morgan fingerprint density at radius 1 is 1.46 bits per heavy atom. The molecule has 0 fully saturated rings. The number of aryl methyl sites for hydroxylation is 1. The number of halogens is 2. The van der Waals surface area contributed by atoms with Gasteiger partial charge in [-0.2, -0.15) is 0 Å².